The molecule has 0 amide bonds. The predicted molar refractivity (Wildman–Crippen MR) is 349 cm³/mol. The predicted octanol–water partition coefficient (Wildman–Crippen LogP) is 19.2. The van der Waals surface area contributed by atoms with E-state index in [4.69, 9.17) is 37.0 Å². The minimum Gasteiger partial charge on any atom is -0.462 e. The van der Waals surface area contributed by atoms with Crippen LogP contribution < -0.4 is 0 Å². The Morgan fingerprint density at radius 2 is 0.552 bits per heavy atom. The van der Waals surface area contributed by atoms with Gasteiger partial charge in [0.15, 0.2) is 12.2 Å². The van der Waals surface area contributed by atoms with Gasteiger partial charge in [-0.25, -0.2) is 9.13 Å². The van der Waals surface area contributed by atoms with Crippen molar-refractivity contribution >= 4 is 39.5 Å². The van der Waals surface area contributed by atoms with Gasteiger partial charge >= 0.3 is 39.5 Å². The summed E-state index contributed by atoms with van der Waals surface area (Å²) in [6.45, 7) is 9.50. The molecule has 3 N–H and O–H groups in total. The molecule has 0 aromatic carbocycles. The van der Waals surface area contributed by atoms with Crippen LogP contribution in [0, 0.1) is 11.8 Å². The lowest BCUT2D eigenvalue weighted by atomic mass is 9.99. The molecule has 0 aliphatic heterocycles. The summed E-state index contributed by atoms with van der Waals surface area (Å²) >= 11 is 0. The normalized spacial score (nSPS) is 14.8. The molecule has 0 fully saturated rings. The van der Waals surface area contributed by atoms with Crippen molar-refractivity contribution in [2.75, 3.05) is 39.6 Å². The van der Waals surface area contributed by atoms with E-state index in [2.05, 4.69) is 41.5 Å². The fourth-order valence-electron chi connectivity index (χ4n) is 10.2. The SMILES string of the molecule is CCCCCCCCCCCCCCCCC(=O)O[C@H](COC(=O)CCCCCCC)COP(=O)(O)OC[C@H](O)COP(=O)(O)OC[C@@H](COC(=O)CCCCCCCCCCCCC(C)CC)OC(=O)CCCCCCCCCCCCC(C)CC. The van der Waals surface area contributed by atoms with Crippen molar-refractivity contribution in [3.8, 4) is 0 Å². The molecule has 4 unspecified atom stereocenters. The van der Waals surface area contributed by atoms with Gasteiger partial charge in [-0.3, -0.25) is 37.3 Å². The van der Waals surface area contributed by atoms with Gasteiger partial charge < -0.3 is 33.8 Å². The highest BCUT2D eigenvalue weighted by molar-refractivity contribution is 7.47. The largest absolute Gasteiger partial charge is 0.472 e. The molecule has 0 heterocycles. The lowest BCUT2D eigenvalue weighted by Gasteiger charge is -2.21. The first-order valence-corrected chi connectivity index (χ1v) is 38.6. The molecule has 0 aromatic heterocycles. The second-order valence-corrected chi connectivity index (χ2v) is 28.0. The molecule has 0 radical (unpaired) electrons. The number of carbonyl (C=O) groups is 4. The summed E-state index contributed by atoms with van der Waals surface area (Å²) in [6.07, 6.45) is 44.6. The first-order chi connectivity index (χ1) is 41.9. The molecule has 0 rings (SSSR count). The molecule has 87 heavy (non-hydrogen) atoms. The number of hydrogen-bond donors (Lipinski definition) is 3. The summed E-state index contributed by atoms with van der Waals surface area (Å²) in [5, 5.41) is 10.5. The van der Waals surface area contributed by atoms with Crippen molar-refractivity contribution in [1.29, 1.82) is 0 Å². The Bertz CT molecular complexity index is 1700. The zero-order valence-corrected chi connectivity index (χ0v) is 58.1. The molecule has 7 atom stereocenters. The topological polar surface area (TPSA) is 237 Å². The molecule has 17 nitrogen and oxygen atoms in total. The Hall–Kier alpha value is -1.94. The number of rotatable bonds is 67. The molecule has 0 aliphatic rings. The molecule has 0 spiro atoms. The third-order valence-corrected chi connectivity index (χ3v) is 18.3. The highest BCUT2D eigenvalue weighted by Gasteiger charge is 2.30. The highest BCUT2D eigenvalue weighted by Crippen LogP contribution is 2.45. The maximum absolute atomic E-state index is 13.0. The van der Waals surface area contributed by atoms with Gasteiger partial charge in [0.05, 0.1) is 26.4 Å². The van der Waals surface area contributed by atoms with Gasteiger partial charge in [-0.15, -0.1) is 0 Å². The molecule has 0 bridgehead atoms. The van der Waals surface area contributed by atoms with E-state index in [1.165, 1.54) is 154 Å². The van der Waals surface area contributed by atoms with E-state index in [1.54, 1.807) is 0 Å². The van der Waals surface area contributed by atoms with Gasteiger partial charge in [-0.2, -0.15) is 0 Å². The Morgan fingerprint density at radius 3 is 0.816 bits per heavy atom. The van der Waals surface area contributed by atoms with Crippen molar-refractivity contribution in [2.24, 2.45) is 11.8 Å². The van der Waals surface area contributed by atoms with Crippen LogP contribution in [0.4, 0.5) is 0 Å². The Balaban J connectivity index is 5.17. The molecular formula is C68H132O17P2. The summed E-state index contributed by atoms with van der Waals surface area (Å²) in [5.41, 5.74) is 0. The van der Waals surface area contributed by atoms with Crippen LogP contribution in [-0.2, 0) is 65.4 Å². The van der Waals surface area contributed by atoms with Gasteiger partial charge in [0.25, 0.3) is 0 Å². The van der Waals surface area contributed by atoms with Crippen molar-refractivity contribution in [3.05, 3.63) is 0 Å². The smallest absolute Gasteiger partial charge is 0.462 e. The van der Waals surface area contributed by atoms with Crippen molar-refractivity contribution in [2.45, 2.75) is 362 Å². The number of phosphoric ester groups is 2. The third kappa shape index (κ3) is 60.1. The van der Waals surface area contributed by atoms with Crippen LogP contribution in [0.25, 0.3) is 0 Å². The summed E-state index contributed by atoms with van der Waals surface area (Å²) in [5.74, 6) is -0.524. The Morgan fingerprint density at radius 1 is 0.322 bits per heavy atom. The number of carbonyl (C=O) groups excluding carboxylic acids is 4. The van der Waals surface area contributed by atoms with Crippen LogP contribution in [0.1, 0.15) is 343 Å². The molecule has 0 saturated heterocycles. The van der Waals surface area contributed by atoms with Crippen LogP contribution in [0.15, 0.2) is 0 Å². The lowest BCUT2D eigenvalue weighted by molar-refractivity contribution is -0.161. The average Bonchev–Trinajstić information content (AvgIpc) is 3.70. The maximum atomic E-state index is 13.0. The van der Waals surface area contributed by atoms with Gasteiger partial charge in [-0.1, -0.05) is 292 Å². The molecule has 0 saturated carbocycles. The molecular weight excluding hydrogens is 1150 g/mol. The molecule has 0 aliphatic carbocycles. The second-order valence-electron chi connectivity index (χ2n) is 25.0. The van der Waals surface area contributed by atoms with Gasteiger partial charge in [0.1, 0.15) is 19.3 Å². The number of phosphoric acid groups is 2. The van der Waals surface area contributed by atoms with Crippen LogP contribution >= 0.6 is 15.6 Å². The molecule has 516 valence electrons. The van der Waals surface area contributed by atoms with Crippen molar-refractivity contribution in [3.63, 3.8) is 0 Å². The van der Waals surface area contributed by atoms with Gasteiger partial charge in [0, 0.05) is 25.7 Å². The van der Waals surface area contributed by atoms with E-state index >= 15 is 0 Å². The fourth-order valence-corrected chi connectivity index (χ4v) is 11.8. The number of aliphatic hydroxyl groups is 1. The van der Waals surface area contributed by atoms with Gasteiger partial charge in [0.2, 0.25) is 0 Å². The number of unbranched alkanes of at least 4 members (excludes halogenated alkanes) is 35. The standard InChI is InChI=1S/C68H132O17P2/c1-7-11-13-15-16-17-18-19-20-21-29-34-40-46-52-67(72)84-63(56-78-65(70)50-44-36-14-12-8-2)58-82-86(74,75)80-54-62(69)55-81-87(76,77)83-59-64(85-68(73)53-47-41-35-30-25-23-27-32-38-43-49-61(6)10-4)57-79-66(71)51-45-39-33-28-24-22-26-31-37-42-48-60(5)9-3/h60-64,69H,7-59H2,1-6H3,(H,74,75)(H,76,77)/t60?,61?,62-,63+,64+/m0/s1. The summed E-state index contributed by atoms with van der Waals surface area (Å²) in [4.78, 5) is 72.2. The van der Waals surface area contributed by atoms with E-state index in [-0.39, 0.29) is 25.7 Å². The average molecular weight is 1280 g/mol. The summed E-state index contributed by atoms with van der Waals surface area (Å²) in [6, 6.07) is 0. The van der Waals surface area contributed by atoms with Gasteiger partial charge in [-0.05, 0) is 37.5 Å². The lowest BCUT2D eigenvalue weighted by Crippen LogP contribution is -2.30. The fraction of sp³-hybridized carbons (Fsp3) is 0.941. The summed E-state index contributed by atoms with van der Waals surface area (Å²) in [7, 11) is -9.89. The van der Waals surface area contributed by atoms with E-state index in [0.29, 0.717) is 25.7 Å². The minimum atomic E-state index is -4.95. The Kier molecular flexibility index (Phi) is 59.0. The summed E-state index contributed by atoms with van der Waals surface area (Å²) < 4.78 is 68.0. The molecule has 0 aromatic rings. The first kappa shape index (κ1) is 85.1. The van der Waals surface area contributed by atoms with E-state index in [9.17, 15) is 43.2 Å². The number of ether oxygens (including phenoxy) is 4. The first-order valence-electron chi connectivity index (χ1n) is 35.6. The number of hydrogen-bond acceptors (Lipinski definition) is 15. The van der Waals surface area contributed by atoms with Crippen molar-refractivity contribution in [1.82, 2.24) is 0 Å². The molecule has 19 heteroatoms. The zero-order chi connectivity index (χ0) is 64.3. The third-order valence-electron chi connectivity index (χ3n) is 16.4. The zero-order valence-electron chi connectivity index (χ0n) is 56.3. The maximum Gasteiger partial charge on any atom is 0.472 e. The van der Waals surface area contributed by atoms with E-state index in [1.807, 2.05) is 0 Å². The number of esters is 4. The van der Waals surface area contributed by atoms with E-state index in [0.717, 1.165) is 108 Å². The quantitative estimate of drug-likeness (QED) is 0.0222. The van der Waals surface area contributed by atoms with Crippen LogP contribution in [-0.4, -0.2) is 96.7 Å². The van der Waals surface area contributed by atoms with E-state index < -0.39 is 97.5 Å². The van der Waals surface area contributed by atoms with Crippen LogP contribution in [0.3, 0.4) is 0 Å². The second kappa shape index (κ2) is 60.3. The highest BCUT2D eigenvalue weighted by atomic mass is 31.2. The Labute approximate surface area is 530 Å². The van der Waals surface area contributed by atoms with Crippen LogP contribution in [0.5, 0.6) is 0 Å². The number of aliphatic hydroxyl groups excluding tert-OH is 1. The monoisotopic (exact) mass is 1280 g/mol. The van der Waals surface area contributed by atoms with Crippen LogP contribution in [0.2, 0.25) is 0 Å². The van der Waals surface area contributed by atoms with Crippen molar-refractivity contribution < 1.29 is 80.2 Å². The minimum absolute atomic E-state index is 0.106.